The van der Waals surface area contributed by atoms with Crippen LogP contribution in [-0.4, -0.2) is 86.3 Å². The Kier molecular flexibility index (Phi) is 9.90. The van der Waals surface area contributed by atoms with Crippen LogP contribution in [0.15, 0.2) is 0 Å². The van der Waals surface area contributed by atoms with Crippen LogP contribution in [0.25, 0.3) is 0 Å². The van der Waals surface area contributed by atoms with Crippen LogP contribution in [0.4, 0.5) is 0 Å². The molecule has 1 atom stereocenters. The van der Waals surface area contributed by atoms with E-state index < -0.39 is 0 Å². The summed E-state index contributed by atoms with van der Waals surface area (Å²) in [7, 11) is 2.30. The second-order valence-corrected chi connectivity index (χ2v) is 8.90. The summed E-state index contributed by atoms with van der Waals surface area (Å²) >= 11 is 0. The van der Waals surface area contributed by atoms with E-state index in [2.05, 4.69) is 49.4 Å². The smallest absolute Gasteiger partial charge is 0.0605 e. The number of rotatable bonds is 12. The standard InChI is InChI=1S/C22H45N3O/c1-6-19(4)17-25-11-9-24(10-12-25)13-14-26-22-15-21(16-22)23(5)18-20(7-2)8-3/h19-22H,6-18H2,1-5H3. The van der Waals surface area contributed by atoms with Gasteiger partial charge in [-0.1, -0.05) is 47.0 Å². The van der Waals surface area contributed by atoms with Crippen LogP contribution in [0, 0.1) is 11.8 Å². The van der Waals surface area contributed by atoms with E-state index in [0.29, 0.717) is 6.10 Å². The van der Waals surface area contributed by atoms with Crippen molar-refractivity contribution in [3.63, 3.8) is 0 Å². The van der Waals surface area contributed by atoms with Gasteiger partial charge in [-0.05, 0) is 31.7 Å². The van der Waals surface area contributed by atoms with Gasteiger partial charge in [0.15, 0.2) is 0 Å². The normalized spacial score (nSPS) is 26.4. The van der Waals surface area contributed by atoms with Gasteiger partial charge >= 0.3 is 0 Å². The van der Waals surface area contributed by atoms with Gasteiger partial charge in [-0.2, -0.15) is 0 Å². The Balaban J connectivity index is 1.50. The number of ether oxygens (including phenoxy) is 1. The van der Waals surface area contributed by atoms with Crippen LogP contribution in [-0.2, 0) is 4.74 Å². The SMILES string of the molecule is CCC(C)CN1CCN(CCOC2CC(N(C)CC(CC)CC)C2)CC1. The second-order valence-electron chi connectivity index (χ2n) is 8.90. The van der Waals surface area contributed by atoms with Crippen LogP contribution in [0.5, 0.6) is 0 Å². The zero-order valence-electron chi connectivity index (χ0n) is 18.3. The summed E-state index contributed by atoms with van der Waals surface area (Å²) in [4.78, 5) is 7.80. The van der Waals surface area contributed by atoms with E-state index >= 15 is 0 Å². The summed E-state index contributed by atoms with van der Waals surface area (Å²) < 4.78 is 6.15. The number of hydrogen-bond acceptors (Lipinski definition) is 4. The molecule has 1 aliphatic heterocycles. The molecule has 1 heterocycles. The van der Waals surface area contributed by atoms with E-state index in [1.807, 2.05) is 0 Å². The van der Waals surface area contributed by atoms with Crippen LogP contribution >= 0.6 is 0 Å². The molecule has 4 heteroatoms. The summed E-state index contributed by atoms with van der Waals surface area (Å²) in [5, 5.41) is 0. The lowest BCUT2D eigenvalue weighted by Crippen LogP contribution is -2.50. The molecule has 0 aromatic rings. The Hall–Kier alpha value is -0.160. The Morgan fingerprint density at radius 3 is 2.15 bits per heavy atom. The molecule has 0 bridgehead atoms. The topological polar surface area (TPSA) is 19.0 Å². The molecule has 4 nitrogen and oxygen atoms in total. The van der Waals surface area contributed by atoms with Gasteiger partial charge in [-0.3, -0.25) is 4.90 Å². The third kappa shape index (κ3) is 7.10. The molecule has 1 saturated heterocycles. The average Bonchev–Trinajstić information content (AvgIpc) is 2.62. The molecule has 0 aromatic carbocycles. The van der Waals surface area contributed by atoms with Crippen molar-refractivity contribution in [1.82, 2.24) is 14.7 Å². The summed E-state index contributed by atoms with van der Waals surface area (Å²) in [6, 6.07) is 0.754. The van der Waals surface area contributed by atoms with E-state index in [0.717, 1.165) is 31.0 Å². The molecule has 154 valence electrons. The van der Waals surface area contributed by atoms with E-state index in [-0.39, 0.29) is 0 Å². The third-order valence-corrected chi connectivity index (χ3v) is 6.89. The number of hydrogen-bond donors (Lipinski definition) is 0. The molecule has 1 aliphatic carbocycles. The van der Waals surface area contributed by atoms with Gasteiger partial charge < -0.3 is 14.5 Å². The maximum Gasteiger partial charge on any atom is 0.0605 e. The van der Waals surface area contributed by atoms with Gasteiger partial charge in [0.25, 0.3) is 0 Å². The Labute approximate surface area is 163 Å². The van der Waals surface area contributed by atoms with Crippen molar-refractivity contribution in [3.8, 4) is 0 Å². The molecule has 0 spiro atoms. The van der Waals surface area contributed by atoms with Gasteiger partial charge in [0.05, 0.1) is 12.7 Å². The summed E-state index contributed by atoms with van der Waals surface area (Å²) in [6.45, 7) is 18.8. The minimum atomic E-state index is 0.510. The summed E-state index contributed by atoms with van der Waals surface area (Å²) in [5.41, 5.74) is 0. The highest BCUT2D eigenvalue weighted by Crippen LogP contribution is 2.28. The minimum absolute atomic E-state index is 0.510. The van der Waals surface area contributed by atoms with Gasteiger partial charge in [0.1, 0.15) is 0 Å². The van der Waals surface area contributed by atoms with Crippen LogP contribution in [0.1, 0.15) is 59.8 Å². The van der Waals surface area contributed by atoms with E-state index in [9.17, 15) is 0 Å². The first-order valence-electron chi connectivity index (χ1n) is 11.3. The second kappa shape index (κ2) is 11.6. The van der Waals surface area contributed by atoms with Crippen molar-refractivity contribution in [2.24, 2.45) is 11.8 Å². The van der Waals surface area contributed by atoms with Crippen molar-refractivity contribution in [1.29, 1.82) is 0 Å². The fourth-order valence-electron chi connectivity index (χ4n) is 4.25. The van der Waals surface area contributed by atoms with Gasteiger partial charge in [0.2, 0.25) is 0 Å². The Morgan fingerprint density at radius 1 is 0.962 bits per heavy atom. The lowest BCUT2D eigenvalue weighted by molar-refractivity contribution is -0.0551. The van der Waals surface area contributed by atoms with Gasteiger partial charge in [-0.25, -0.2) is 0 Å². The molecule has 1 saturated carbocycles. The predicted octanol–water partition coefficient (Wildman–Crippen LogP) is 3.57. The first-order valence-corrected chi connectivity index (χ1v) is 11.3. The van der Waals surface area contributed by atoms with Gasteiger partial charge in [0, 0.05) is 51.9 Å². The third-order valence-electron chi connectivity index (χ3n) is 6.89. The molecule has 2 aliphatic rings. The van der Waals surface area contributed by atoms with Crippen molar-refractivity contribution < 1.29 is 4.74 Å². The summed E-state index contributed by atoms with van der Waals surface area (Å²) in [6.07, 6.45) is 6.88. The Bertz CT molecular complexity index is 360. The molecule has 0 amide bonds. The maximum atomic E-state index is 6.15. The highest BCUT2D eigenvalue weighted by molar-refractivity contribution is 4.87. The van der Waals surface area contributed by atoms with Crippen LogP contribution in [0.3, 0.4) is 0 Å². The van der Waals surface area contributed by atoms with E-state index in [4.69, 9.17) is 4.74 Å². The molecular formula is C22H45N3O. The molecule has 0 aromatic heterocycles. The molecule has 2 rings (SSSR count). The zero-order valence-corrected chi connectivity index (χ0v) is 18.3. The van der Waals surface area contributed by atoms with Crippen LogP contribution in [0.2, 0.25) is 0 Å². The monoisotopic (exact) mass is 367 g/mol. The molecule has 26 heavy (non-hydrogen) atoms. The summed E-state index contributed by atoms with van der Waals surface area (Å²) in [5.74, 6) is 1.69. The van der Waals surface area contributed by atoms with E-state index in [1.54, 1.807) is 0 Å². The number of piperazine rings is 1. The highest BCUT2D eigenvalue weighted by atomic mass is 16.5. The Morgan fingerprint density at radius 2 is 1.58 bits per heavy atom. The molecular weight excluding hydrogens is 322 g/mol. The van der Waals surface area contributed by atoms with Crippen LogP contribution < -0.4 is 0 Å². The molecule has 1 unspecified atom stereocenters. The van der Waals surface area contributed by atoms with Crippen molar-refractivity contribution >= 4 is 0 Å². The molecule has 0 N–H and O–H groups in total. The number of nitrogens with zero attached hydrogens (tertiary/aromatic N) is 3. The quantitative estimate of drug-likeness (QED) is 0.525. The van der Waals surface area contributed by atoms with Gasteiger partial charge in [-0.15, -0.1) is 0 Å². The lowest BCUT2D eigenvalue weighted by atomic mass is 9.87. The maximum absolute atomic E-state index is 6.15. The lowest BCUT2D eigenvalue weighted by Gasteiger charge is -2.42. The largest absolute Gasteiger partial charge is 0.377 e. The zero-order chi connectivity index (χ0) is 18.9. The molecule has 0 radical (unpaired) electrons. The van der Waals surface area contributed by atoms with E-state index in [1.165, 1.54) is 71.4 Å². The first kappa shape index (κ1) is 22.1. The first-order chi connectivity index (χ1) is 12.5. The van der Waals surface area contributed by atoms with Crippen molar-refractivity contribution in [3.05, 3.63) is 0 Å². The minimum Gasteiger partial charge on any atom is -0.377 e. The average molecular weight is 368 g/mol. The predicted molar refractivity (Wildman–Crippen MR) is 112 cm³/mol. The molecule has 2 fully saturated rings. The fourth-order valence-corrected chi connectivity index (χ4v) is 4.25. The van der Waals surface area contributed by atoms with Crippen molar-refractivity contribution in [2.75, 3.05) is 59.5 Å². The fraction of sp³-hybridized carbons (Fsp3) is 1.00. The highest BCUT2D eigenvalue weighted by Gasteiger charge is 2.33. The van der Waals surface area contributed by atoms with Crippen molar-refractivity contribution in [2.45, 2.75) is 71.9 Å².